The smallest absolute Gasteiger partial charge is 0.0124 e. The lowest BCUT2D eigenvalue weighted by Crippen LogP contribution is -2.37. The molecule has 2 rings (SSSR count). The standard InChI is InChI=1S/C11H22N2/c1-2-12-7-8-13-11(9-3-4-9)10-5-6-10/h9-13H,2-8H2,1H3. The number of rotatable bonds is 7. The van der Waals surface area contributed by atoms with E-state index in [-0.39, 0.29) is 0 Å². The first kappa shape index (κ1) is 9.47. The van der Waals surface area contributed by atoms with Crippen molar-refractivity contribution in [2.75, 3.05) is 19.6 Å². The highest BCUT2D eigenvalue weighted by atomic mass is 15.0. The van der Waals surface area contributed by atoms with Crippen molar-refractivity contribution in [3.63, 3.8) is 0 Å². The maximum Gasteiger partial charge on any atom is 0.0124 e. The van der Waals surface area contributed by atoms with Crippen LogP contribution < -0.4 is 10.6 Å². The van der Waals surface area contributed by atoms with Gasteiger partial charge in [-0.1, -0.05) is 6.92 Å². The molecule has 2 aliphatic carbocycles. The minimum absolute atomic E-state index is 0.874. The molecular weight excluding hydrogens is 160 g/mol. The second-order valence-corrected chi connectivity index (χ2v) is 4.51. The first-order chi connectivity index (χ1) is 6.42. The van der Waals surface area contributed by atoms with Crippen molar-refractivity contribution in [2.24, 2.45) is 11.8 Å². The van der Waals surface area contributed by atoms with E-state index in [9.17, 15) is 0 Å². The van der Waals surface area contributed by atoms with Gasteiger partial charge in [-0.2, -0.15) is 0 Å². The van der Waals surface area contributed by atoms with Gasteiger partial charge in [-0.25, -0.2) is 0 Å². The molecule has 0 aromatic carbocycles. The van der Waals surface area contributed by atoms with Gasteiger partial charge in [0.2, 0.25) is 0 Å². The lowest BCUT2D eigenvalue weighted by molar-refractivity contribution is 0.415. The highest BCUT2D eigenvalue weighted by Crippen LogP contribution is 2.44. The zero-order chi connectivity index (χ0) is 9.10. The average molecular weight is 182 g/mol. The van der Waals surface area contributed by atoms with Crippen molar-refractivity contribution >= 4 is 0 Å². The summed E-state index contributed by atoms with van der Waals surface area (Å²) < 4.78 is 0. The highest BCUT2D eigenvalue weighted by Gasteiger charge is 2.40. The molecule has 0 atom stereocenters. The van der Waals surface area contributed by atoms with Crippen molar-refractivity contribution in [3.05, 3.63) is 0 Å². The summed E-state index contributed by atoms with van der Waals surface area (Å²) in [5, 5.41) is 7.08. The Labute approximate surface area is 81.5 Å². The topological polar surface area (TPSA) is 24.1 Å². The summed E-state index contributed by atoms with van der Waals surface area (Å²) in [6.45, 7) is 5.55. The third-order valence-corrected chi connectivity index (χ3v) is 3.19. The Kier molecular flexibility index (Phi) is 3.23. The molecule has 2 nitrogen and oxygen atoms in total. The van der Waals surface area contributed by atoms with Gasteiger partial charge in [0.05, 0.1) is 0 Å². The Morgan fingerprint density at radius 2 is 1.69 bits per heavy atom. The van der Waals surface area contributed by atoms with Crippen LogP contribution in [0.2, 0.25) is 0 Å². The van der Waals surface area contributed by atoms with Gasteiger partial charge in [-0.05, 0) is 44.1 Å². The molecule has 0 heterocycles. The number of nitrogens with one attached hydrogen (secondary N) is 2. The highest BCUT2D eigenvalue weighted by molar-refractivity contribution is 4.96. The first-order valence-corrected chi connectivity index (χ1v) is 5.86. The van der Waals surface area contributed by atoms with Gasteiger partial charge in [0.15, 0.2) is 0 Å². The molecule has 2 N–H and O–H groups in total. The van der Waals surface area contributed by atoms with E-state index in [0.717, 1.165) is 37.5 Å². The maximum absolute atomic E-state index is 3.72. The zero-order valence-electron chi connectivity index (χ0n) is 8.68. The van der Waals surface area contributed by atoms with Crippen LogP contribution in [0.5, 0.6) is 0 Å². The summed E-state index contributed by atoms with van der Waals surface area (Å²) in [5.41, 5.74) is 0. The SMILES string of the molecule is CCNCCNC(C1CC1)C1CC1. The summed E-state index contributed by atoms with van der Waals surface area (Å²) in [6, 6.07) is 0.874. The molecule has 2 heteroatoms. The van der Waals surface area contributed by atoms with Crippen molar-refractivity contribution in [3.8, 4) is 0 Å². The molecule has 2 saturated carbocycles. The molecule has 0 spiro atoms. The van der Waals surface area contributed by atoms with Crippen LogP contribution in [-0.2, 0) is 0 Å². The quantitative estimate of drug-likeness (QED) is 0.581. The summed E-state index contributed by atoms with van der Waals surface area (Å²) in [7, 11) is 0. The summed E-state index contributed by atoms with van der Waals surface area (Å²) in [5.74, 6) is 2.07. The Morgan fingerprint density at radius 1 is 1.08 bits per heavy atom. The van der Waals surface area contributed by atoms with Gasteiger partial charge < -0.3 is 10.6 Å². The van der Waals surface area contributed by atoms with Crippen LogP contribution in [0.15, 0.2) is 0 Å². The van der Waals surface area contributed by atoms with Crippen molar-refractivity contribution in [1.82, 2.24) is 10.6 Å². The summed E-state index contributed by atoms with van der Waals surface area (Å²) >= 11 is 0. The van der Waals surface area contributed by atoms with Crippen LogP contribution in [-0.4, -0.2) is 25.7 Å². The first-order valence-electron chi connectivity index (χ1n) is 5.86. The molecule has 0 aromatic heterocycles. The predicted molar refractivity (Wildman–Crippen MR) is 55.8 cm³/mol. The van der Waals surface area contributed by atoms with Gasteiger partial charge in [-0.15, -0.1) is 0 Å². The Hall–Kier alpha value is -0.0800. The second kappa shape index (κ2) is 4.43. The Bertz CT molecular complexity index is 138. The van der Waals surface area contributed by atoms with E-state index in [1.807, 2.05) is 0 Å². The number of likely N-dealkylation sites (N-methyl/N-ethyl adjacent to an activating group) is 1. The van der Waals surface area contributed by atoms with E-state index in [0.29, 0.717) is 0 Å². The van der Waals surface area contributed by atoms with Crippen LogP contribution >= 0.6 is 0 Å². The van der Waals surface area contributed by atoms with Gasteiger partial charge in [-0.3, -0.25) is 0 Å². The molecule has 13 heavy (non-hydrogen) atoms. The Balaban J connectivity index is 1.59. The lowest BCUT2D eigenvalue weighted by atomic mass is 10.1. The van der Waals surface area contributed by atoms with Crippen molar-refractivity contribution < 1.29 is 0 Å². The number of hydrogen-bond acceptors (Lipinski definition) is 2. The van der Waals surface area contributed by atoms with E-state index in [4.69, 9.17) is 0 Å². The minimum Gasteiger partial charge on any atom is -0.316 e. The molecule has 0 amide bonds. The van der Waals surface area contributed by atoms with E-state index in [2.05, 4.69) is 17.6 Å². The predicted octanol–water partition coefficient (Wildman–Crippen LogP) is 1.37. The fourth-order valence-electron chi connectivity index (χ4n) is 2.13. The van der Waals surface area contributed by atoms with Gasteiger partial charge in [0.25, 0.3) is 0 Å². The normalized spacial score (nSPS) is 22.6. The molecule has 0 radical (unpaired) electrons. The van der Waals surface area contributed by atoms with Gasteiger partial charge in [0, 0.05) is 19.1 Å². The molecule has 0 unspecified atom stereocenters. The monoisotopic (exact) mass is 182 g/mol. The van der Waals surface area contributed by atoms with E-state index < -0.39 is 0 Å². The van der Waals surface area contributed by atoms with E-state index >= 15 is 0 Å². The summed E-state index contributed by atoms with van der Waals surface area (Å²) in [4.78, 5) is 0. The van der Waals surface area contributed by atoms with Crippen molar-refractivity contribution in [1.29, 1.82) is 0 Å². The Morgan fingerprint density at radius 3 is 2.15 bits per heavy atom. The molecule has 0 aliphatic heterocycles. The van der Waals surface area contributed by atoms with Gasteiger partial charge in [0.1, 0.15) is 0 Å². The van der Waals surface area contributed by atoms with Gasteiger partial charge >= 0.3 is 0 Å². The molecule has 2 aliphatic rings. The fourth-order valence-corrected chi connectivity index (χ4v) is 2.13. The molecule has 0 saturated heterocycles. The number of hydrogen-bond donors (Lipinski definition) is 2. The van der Waals surface area contributed by atoms with Crippen LogP contribution in [0.25, 0.3) is 0 Å². The molecule has 76 valence electrons. The van der Waals surface area contributed by atoms with Crippen LogP contribution in [0.4, 0.5) is 0 Å². The zero-order valence-corrected chi connectivity index (χ0v) is 8.68. The minimum atomic E-state index is 0.874. The third-order valence-electron chi connectivity index (χ3n) is 3.19. The maximum atomic E-state index is 3.72. The molecule has 0 aromatic rings. The van der Waals surface area contributed by atoms with Crippen LogP contribution in [0.3, 0.4) is 0 Å². The third kappa shape index (κ3) is 2.96. The van der Waals surface area contributed by atoms with E-state index in [1.54, 1.807) is 0 Å². The van der Waals surface area contributed by atoms with Crippen LogP contribution in [0, 0.1) is 11.8 Å². The van der Waals surface area contributed by atoms with Crippen LogP contribution in [0.1, 0.15) is 32.6 Å². The molecular formula is C11H22N2. The van der Waals surface area contributed by atoms with Crippen molar-refractivity contribution in [2.45, 2.75) is 38.6 Å². The largest absolute Gasteiger partial charge is 0.316 e. The summed E-state index contributed by atoms with van der Waals surface area (Å²) in [6.07, 6.45) is 5.93. The van der Waals surface area contributed by atoms with E-state index in [1.165, 1.54) is 25.7 Å². The lowest BCUT2D eigenvalue weighted by Gasteiger charge is -2.17. The molecule has 0 bridgehead atoms. The fraction of sp³-hybridized carbons (Fsp3) is 1.00. The second-order valence-electron chi connectivity index (χ2n) is 4.51. The molecule has 2 fully saturated rings. The average Bonchev–Trinajstić information content (AvgIpc) is 2.99.